The van der Waals surface area contributed by atoms with E-state index in [9.17, 15) is 9.59 Å². The summed E-state index contributed by atoms with van der Waals surface area (Å²) in [5.74, 6) is 0.935. The van der Waals surface area contributed by atoms with Crippen molar-refractivity contribution >= 4 is 50.7 Å². The Bertz CT molecular complexity index is 1760. The van der Waals surface area contributed by atoms with Crippen molar-refractivity contribution in [3.05, 3.63) is 93.3 Å². The number of halogens is 1. The summed E-state index contributed by atoms with van der Waals surface area (Å²) < 4.78 is 11.5. The van der Waals surface area contributed by atoms with Crippen molar-refractivity contribution in [3.8, 4) is 22.8 Å². The first-order valence-electron chi connectivity index (χ1n) is 13.3. The van der Waals surface area contributed by atoms with Gasteiger partial charge in [0.25, 0.3) is 5.91 Å². The standard InChI is InChI=1S/C32H27ClN2O4S/c1-3-38-32(37)29-21-13-12-18(2)16-28(21)40-31(29)35-30(36)22-17-25(34-24-11-7-5-8-19(22)24)27-15-14-26(39-27)20-9-4-6-10-23(20)33/h4-11,14-15,17-18H,3,12-13,16H2,1-2H3,(H,35,36). The van der Waals surface area contributed by atoms with Crippen LogP contribution in [0.1, 0.15) is 51.4 Å². The quantitative estimate of drug-likeness (QED) is 0.207. The van der Waals surface area contributed by atoms with E-state index in [1.54, 1.807) is 13.0 Å². The van der Waals surface area contributed by atoms with Gasteiger partial charge in [0.1, 0.15) is 16.5 Å². The number of fused-ring (bicyclic) bond motifs is 2. The van der Waals surface area contributed by atoms with Crippen LogP contribution in [0.5, 0.6) is 0 Å². The van der Waals surface area contributed by atoms with Crippen molar-refractivity contribution in [2.45, 2.75) is 33.1 Å². The number of hydrogen-bond donors (Lipinski definition) is 1. The maximum Gasteiger partial charge on any atom is 0.341 e. The van der Waals surface area contributed by atoms with E-state index in [2.05, 4.69) is 12.2 Å². The second kappa shape index (κ2) is 10.9. The molecule has 0 bridgehead atoms. The predicted molar refractivity (Wildman–Crippen MR) is 159 cm³/mol. The number of nitrogens with zero attached hydrogens (tertiary/aromatic N) is 1. The second-order valence-electron chi connectivity index (χ2n) is 9.95. The van der Waals surface area contributed by atoms with Crippen LogP contribution in [0.2, 0.25) is 5.02 Å². The third kappa shape index (κ3) is 4.91. The molecule has 1 aliphatic carbocycles. The van der Waals surface area contributed by atoms with E-state index in [0.29, 0.717) is 55.2 Å². The summed E-state index contributed by atoms with van der Waals surface area (Å²) in [6.07, 6.45) is 2.68. The van der Waals surface area contributed by atoms with Crippen molar-refractivity contribution < 1.29 is 18.7 Å². The lowest BCUT2D eigenvalue weighted by molar-refractivity contribution is 0.0526. The molecule has 1 atom stereocenters. The molecule has 3 aromatic heterocycles. The fourth-order valence-electron chi connectivity index (χ4n) is 5.20. The highest BCUT2D eigenvalue weighted by atomic mass is 35.5. The summed E-state index contributed by atoms with van der Waals surface area (Å²) in [5.41, 5.74) is 3.87. The van der Waals surface area contributed by atoms with Crippen molar-refractivity contribution in [1.82, 2.24) is 4.98 Å². The van der Waals surface area contributed by atoms with Crippen molar-refractivity contribution in [3.63, 3.8) is 0 Å². The number of carbonyl (C=O) groups is 2. The number of amides is 1. The van der Waals surface area contributed by atoms with Crippen molar-refractivity contribution in [1.29, 1.82) is 0 Å². The summed E-state index contributed by atoms with van der Waals surface area (Å²) in [5, 5.41) is 4.87. The van der Waals surface area contributed by atoms with Gasteiger partial charge in [-0.05, 0) is 74.1 Å². The van der Waals surface area contributed by atoms with Gasteiger partial charge in [0.15, 0.2) is 5.76 Å². The van der Waals surface area contributed by atoms with E-state index in [-0.39, 0.29) is 12.5 Å². The number of para-hydroxylation sites is 1. The Kier molecular flexibility index (Phi) is 7.17. The fraction of sp³-hybridized carbons (Fsp3) is 0.219. The first kappa shape index (κ1) is 26.3. The summed E-state index contributed by atoms with van der Waals surface area (Å²) in [4.78, 5) is 32.8. The van der Waals surface area contributed by atoms with Gasteiger partial charge in [0.05, 0.1) is 28.3 Å². The third-order valence-corrected chi connectivity index (χ3v) is 8.68. The molecule has 6 nitrogen and oxygen atoms in total. The lowest BCUT2D eigenvalue weighted by Crippen LogP contribution is -2.17. The SMILES string of the molecule is CCOC(=O)c1c(NC(=O)c2cc(-c3ccc(-c4ccccc4Cl)o3)nc3ccccc23)sc2c1CCC(C)C2. The molecule has 1 aliphatic rings. The number of ether oxygens (including phenoxy) is 1. The molecule has 1 unspecified atom stereocenters. The minimum atomic E-state index is -0.396. The largest absolute Gasteiger partial charge is 0.462 e. The number of pyridine rings is 1. The molecule has 8 heteroatoms. The lowest BCUT2D eigenvalue weighted by Gasteiger charge is -2.18. The minimum Gasteiger partial charge on any atom is -0.462 e. The summed E-state index contributed by atoms with van der Waals surface area (Å²) in [7, 11) is 0. The average Bonchev–Trinajstić information content (AvgIpc) is 3.57. The molecule has 40 heavy (non-hydrogen) atoms. The third-order valence-electron chi connectivity index (χ3n) is 7.18. The molecule has 0 spiro atoms. The summed E-state index contributed by atoms with van der Waals surface area (Å²) in [6.45, 7) is 4.26. The zero-order valence-electron chi connectivity index (χ0n) is 22.1. The number of furan rings is 1. The van der Waals surface area contributed by atoms with Crippen LogP contribution in [0.15, 0.2) is 71.1 Å². The number of esters is 1. The van der Waals surface area contributed by atoms with Gasteiger partial charge < -0.3 is 14.5 Å². The minimum absolute atomic E-state index is 0.269. The number of benzene rings is 2. The molecular weight excluding hydrogens is 544 g/mol. The van der Waals surface area contributed by atoms with Crippen LogP contribution in [0.25, 0.3) is 33.7 Å². The molecule has 0 radical (unpaired) electrons. The van der Waals surface area contributed by atoms with Crippen molar-refractivity contribution in [2.24, 2.45) is 5.92 Å². The van der Waals surface area contributed by atoms with Crippen molar-refractivity contribution in [2.75, 3.05) is 11.9 Å². The predicted octanol–water partition coefficient (Wildman–Crippen LogP) is 8.43. The highest BCUT2D eigenvalue weighted by Crippen LogP contribution is 2.41. The number of thiophene rings is 1. The Balaban J connectivity index is 1.40. The molecule has 0 saturated heterocycles. The monoisotopic (exact) mass is 570 g/mol. The fourth-order valence-corrected chi connectivity index (χ4v) is 6.82. The molecule has 5 aromatic rings. The molecule has 1 amide bonds. The average molecular weight is 571 g/mol. The van der Waals surface area contributed by atoms with E-state index >= 15 is 0 Å². The molecule has 0 fully saturated rings. The van der Waals surface area contributed by atoms with E-state index in [1.165, 1.54) is 11.3 Å². The van der Waals surface area contributed by atoms with Gasteiger partial charge in [0, 0.05) is 15.8 Å². The number of rotatable bonds is 6. The van der Waals surface area contributed by atoms with Gasteiger partial charge in [-0.3, -0.25) is 4.79 Å². The molecule has 1 N–H and O–H groups in total. The Morgan fingerprint density at radius 1 is 1.10 bits per heavy atom. The maximum absolute atomic E-state index is 13.9. The maximum atomic E-state index is 13.9. The Morgan fingerprint density at radius 2 is 1.88 bits per heavy atom. The van der Waals surface area contributed by atoms with Gasteiger partial charge >= 0.3 is 5.97 Å². The van der Waals surface area contributed by atoms with E-state index in [1.807, 2.05) is 60.7 Å². The zero-order valence-corrected chi connectivity index (χ0v) is 23.7. The molecular formula is C32H27ClN2O4S. The van der Waals surface area contributed by atoms with Crippen LogP contribution in [0, 0.1) is 5.92 Å². The van der Waals surface area contributed by atoms with Gasteiger partial charge in [0.2, 0.25) is 0 Å². The molecule has 3 heterocycles. The van der Waals surface area contributed by atoms with Crippen LogP contribution < -0.4 is 5.32 Å². The Labute approximate surface area is 241 Å². The first-order chi connectivity index (χ1) is 19.4. The Hall–Kier alpha value is -3.94. The lowest BCUT2D eigenvalue weighted by atomic mass is 9.88. The van der Waals surface area contributed by atoms with Crippen LogP contribution in [-0.4, -0.2) is 23.5 Å². The van der Waals surface area contributed by atoms with Crippen LogP contribution in [0.4, 0.5) is 5.00 Å². The van der Waals surface area contributed by atoms with E-state index < -0.39 is 5.97 Å². The number of carbonyl (C=O) groups excluding carboxylic acids is 2. The summed E-state index contributed by atoms with van der Waals surface area (Å²) >= 11 is 7.85. The molecule has 6 rings (SSSR count). The Morgan fingerprint density at radius 3 is 2.70 bits per heavy atom. The first-order valence-corrected chi connectivity index (χ1v) is 14.5. The molecule has 0 saturated carbocycles. The number of nitrogens with one attached hydrogen (secondary N) is 1. The second-order valence-corrected chi connectivity index (χ2v) is 11.5. The van der Waals surface area contributed by atoms with Gasteiger partial charge in [-0.25, -0.2) is 9.78 Å². The number of anilines is 1. The molecule has 0 aliphatic heterocycles. The normalized spacial score (nSPS) is 14.6. The highest BCUT2D eigenvalue weighted by Gasteiger charge is 2.30. The van der Waals surface area contributed by atoms with Crippen LogP contribution in [0.3, 0.4) is 0 Å². The van der Waals surface area contributed by atoms with Crippen LogP contribution >= 0.6 is 22.9 Å². The number of aromatic nitrogens is 1. The highest BCUT2D eigenvalue weighted by molar-refractivity contribution is 7.17. The molecule has 2 aromatic carbocycles. The number of hydrogen-bond acceptors (Lipinski definition) is 6. The van der Waals surface area contributed by atoms with Gasteiger partial charge in [-0.2, -0.15) is 0 Å². The summed E-state index contributed by atoms with van der Waals surface area (Å²) in [6, 6.07) is 20.3. The van der Waals surface area contributed by atoms with Gasteiger partial charge in [-0.1, -0.05) is 48.9 Å². The zero-order chi connectivity index (χ0) is 27.8. The van der Waals surface area contributed by atoms with E-state index in [0.717, 1.165) is 35.3 Å². The van der Waals surface area contributed by atoms with Crippen LogP contribution in [-0.2, 0) is 17.6 Å². The smallest absolute Gasteiger partial charge is 0.341 e. The van der Waals surface area contributed by atoms with E-state index in [4.69, 9.17) is 25.7 Å². The van der Waals surface area contributed by atoms with Gasteiger partial charge in [-0.15, -0.1) is 11.3 Å². The topological polar surface area (TPSA) is 81.4 Å². The molecule has 202 valence electrons.